The third-order valence-corrected chi connectivity index (χ3v) is 5.77. The van der Waals surface area contributed by atoms with Crippen LogP contribution in [0.4, 0.5) is 10.7 Å². The molecule has 0 saturated carbocycles. The van der Waals surface area contributed by atoms with Crippen molar-refractivity contribution in [3.8, 4) is 0 Å². The maximum Gasteiger partial charge on any atom is 0.326 e. The van der Waals surface area contributed by atoms with Crippen LogP contribution < -0.4 is 15.5 Å². The average molecular weight is 434 g/mol. The number of rotatable bonds is 8. The summed E-state index contributed by atoms with van der Waals surface area (Å²) in [5.41, 5.74) is 1.76. The molecule has 3 amide bonds. The zero-order valence-corrected chi connectivity index (χ0v) is 18.1. The number of aliphatic carboxylic acids is 1. The molecule has 1 aliphatic heterocycles. The smallest absolute Gasteiger partial charge is 0.326 e. The van der Waals surface area contributed by atoms with Crippen molar-refractivity contribution in [1.82, 2.24) is 20.2 Å². The first kappa shape index (κ1) is 21.9. The molecule has 0 bridgehead atoms. The number of nitrogens with one attached hydrogen (secondary N) is 2. The van der Waals surface area contributed by atoms with Gasteiger partial charge in [-0.1, -0.05) is 26.0 Å². The first-order valence-corrected chi connectivity index (χ1v) is 11.3. The Balaban J connectivity index is 1.72. The summed E-state index contributed by atoms with van der Waals surface area (Å²) in [5.74, 6) is -0.649. The van der Waals surface area contributed by atoms with E-state index in [0.29, 0.717) is 31.2 Å². The van der Waals surface area contributed by atoms with Gasteiger partial charge >= 0.3 is 12.0 Å². The molecule has 0 saturated heterocycles. The van der Waals surface area contributed by atoms with Crippen LogP contribution in [0.15, 0.2) is 24.3 Å². The Morgan fingerprint density at radius 3 is 2.60 bits per heavy atom. The van der Waals surface area contributed by atoms with E-state index in [4.69, 9.17) is 0 Å². The minimum Gasteiger partial charge on any atom is -0.480 e. The number of thioether (sulfide) groups is 1. The molecule has 0 fully saturated rings. The Hall–Kier alpha value is -2.75. The SMILES string of the molecule is CSCCC(NC(=O)C(NC(=O)N1CCn2c1nc1ccccc12)C(C)C)C(=O)O. The van der Waals surface area contributed by atoms with Crippen molar-refractivity contribution in [3.05, 3.63) is 24.3 Å². The van der Waals surface area contributed by atoms with Gasteiger partial charge in [0.1, 0.15) is 12.1 Å². The average Bonchev–Trinajstić information content (AvgIpc) is 3.27. The fourth-order valence-electron chi connectivity index (χ4n) is 3.48. The van der Waals surface area contributed by atoms with Gasteiger partial charge in [-0.2, -0.15) is 11.8 Å². The van der Waals surface area contributed by atoms with Crippen LogP contribution in [-0.4, -0.2) is 63.2 Å². The zero-order chi connectivity index (χ0) is 21.8. The topological polar surface area (TPSA) is 117 Å². The van der Waals surface area contributed by atoms with Gasteiger partial charge in [0, 0.05) is 13.1 Å². The van der Waals surface area contributed by atoms with Crippen molar-refractivity contribution in [2.24, 2.45) is 5.92 Å². The molecule has 1 aromatic heterocycles. The molecule has 2 heterocycles. The number of benzene rings is 1. The zero-order valence-electron chi connectivity index (χ0n) is 17.3. The Kier molecular flexibility index (Phi) is 6.86. The molecule has 30 heavy (non-hydrogen) atoms. The molecular weight excluding hydrogens is 406 g/mol. The third-order valence-electron chi connectivity index (χ3n) is 5.12. The van der Waals surface area contributed by atoms with Gasteiger partial charge in [0.15, 0.2) is 0 Å². The van der Waals surface area contributed by atoms with E-state index < -0.39 is 30.0 Å². The second kappa shape index (κ2) is 9.38. The number of fused-ring (bicyclic) bond motifs is 3. The lowest BCUT2D eigenvalue weighted by atomic mass is 10.0. The predicted octanol–water partition coefficient (Wildman–Crippen LogP) is 1.91. The molecule has 0 aliphatic carbocycles. The number of nitrogens with zero attached hydrogens (tertiary/aromatic N) is 3. The van der Waals surface area contributed by atoms with Gasteiger partial charge in [0.05, 0.1) is 11.0 Å². The van der Waals surface area contributed by atoms with Gasteiger partial charge in [0.25, 0.3) is 0 Å². The molecule has 3 N–H and O–H groups in total. The summed E-state index contributed by atoms with van der Waals surface area (Å²) in [6.07, 6.45) is 2.19. The Bertz CT molecular complexity index is 944. The van der Waals surface area contributed by atoms with Crippen LogP contribution >= 0.6 is 11.8 Å². The van der Waals surface area contributed by atoms with Crippen LogP contribution in [0, 0.1) is 5.92 Å². The summed E-state index contributed by atoms with van der Waals surface area (Å²) in [5, 5.41) is 14.7. The Morgan fingerprint density at radius 2 is 1.93 bits per heavy atom. The predicted molar refractivity (Wildman–Crippen MR) is 117 cm³/mol. The maximum atomic E-state index is 13.0. The molecule has 0 radical (unpaired) electrons. The summed E-state index contributed by atoms with van der Waals surface area (Å²) >= 11 is 1.51. The number of hydrogen-bond acceptors (Lipinski definition) is 5. The summed E-state index contributed by atoms with van der Waals surface area (Å²) in [6, 6.07) is 5.40. The van der Waals surface area contributed by atoms with Crippen molar-refractivity contribution in [1.29, 1.82) is 0 Å². The molecule has 1 aromatic carbocycles. The standard InChI is InChI=1S/C20H27N5O4S/c1-12(2)16(17(26)21-14(18(27)28)8-11-30-3)23-20(29)25-10-9-24-15-7-5-4-6-13(15)22-19(24)25/h4-7,12,14,16H,8-11H2,1-3H3,(H,21,26)(H,23,29)(H,27,28). The van der Waals surface area contributed by atoms with E-state index in [-0.39, 0.29) is 5.92 Å². The van der Waals surface area contributed by atoms with Gasteiger partial charge in [-0.05, 0) is 36.5 Å². The number of imidazole rings is 1. The molecule has 10 heteroatoms. The van der Waals surface area contributed by atoms with E-state index in [1.165, 1.54) is 16.7 Å². The number of urea groups is 1. The fourth-order valence-corrected chi connectivity index (χ4v) is 3.95. The molecule has 9 nitrogen and oxygen atoms in total. The Morgan fingerprint density at radius 1 is 1.20 bits per heavy atom. The van der Waals surface area contributed by atoms with Crippen molar-refractivity contribution >= 4 is 46.7 Å². The van der Waals surface area contributed by atoms with Crippen LogP contribution in [0.5, 0.6) is 0 Å². The largest absolute Gasteiger partial charge is 0.480 e. The molecule has 2 aromatic rings. The van der Waals surface area contributed by atoms with Gasteiger partial charge in [-0.15, -0.1) is 0 Å². The van der Waals surface area contributed by atoms with E-state index in [0.717, 1.165) is 11.0 Å². The lowest BCUT2D eigenvalue weighted by molar-refractivity contribution is -0.142. The number of aromatic nitrogens is 2. The first-order valence-electron chi connectivity index (χ1n) is 9.89. The van der Waals surface area contributed by atoms with Gasteiger partial charge in [0.2, 0.25) is 11.9 Å². The summed E-state index contributed by atoms with van der Waals surface area (Å²) in [4.78, 5) is 43.2. The quantitative estimate of drug-likeness (QED) is 0.586. The van der Waals surface area contributed by atoms with Crippen LogP contribution in [0.25, 0.3) is 11.0 Å². The van der Waals surface area contributed by atoms with E-state index in [1.54, 1.807) is 13.8 Å². The van der Waals surface area contributed by atoms with Gasteiger partial charge < -0.3 is 20.3 Å². The highest BCUT2D eigenvalue weighted by atomic mass is 32.2. The number of carbonyl (C=O) groups excluding carboxylic acids is 2. The molecule has 162 valence electrons. The van der Waals surface area contributed by atoms with E-state index in [1.807, 2.05) is 35.1 Å². The fraction of sp³-hybridized carbons (Fsp3) is 0.500. The molecule has 2 atom stereocenters. The molecule has 0 spiro atoms. The number of carbonyl (C=O) groups is 3. The van der Waals surface area contributed by atoms with Crippen LogP contribution in [-0.2, 0) is 16.1 Å². The number of amides is 3. The minimum atomic E-state index is -1.08. The molecule has 1 aliphatic rings. The third kappa shape index (κ3) is 4.53. The van der Waals surface area contributed by atoms with Gasteiger partial charge in [-0.3, -0.25) is 9.69 Å². The lowest BCUT2D eigenvalue weighted by Crippen LogP contribution is -2.56. The number of para-hydroxylation sites is 2. The molecule has 2 unspecified atom stereocenters. The number of carboxylic acid groups (broad SMARTS) is 1. The molecule has 3 rings (SSSR count). The number of carboxylic acids is 1. The van der Waals surface area contributed by atoms with Crippen molar-refractivity contribution in [3.63, 3.8) is 0 Å². The second-order valence-corrected chi connectivity index (χ2v) is 8.54. The van der Waals surface area contributed by atoms with Gasteiger partial charge in [-0.25, -0.2) is 14.6 Å². The second-order valence-electron chi connectivity index (χ2n) is 7.56. The number of anilines is 1. The lowest BCUT2D eigenvalue weighted by Gasteiger charge is -2.26. The van der Waals surface area contributed by atoms with E-state index >= 15 is 0 Å². The minimum absolute atomic E-state index is 0.217. The van der Waals surface area contributed by atoms with Crippen LogP contribution in [0.3, 0.4) is 0 Å². The highest BCUT2D eigenvalue weighted by Crippen LogP contribution is 2.27. The summed E-state index contributed by atoms with van der Waals surface area (Å²) < 4.78 is 1.97. The van der Waals surface area contributed by atoms with Crippen molar-refractivity contribution in [2.75, 3.05) is 23.5 Å². The normalized spacial score (nSPS) is 15.1. The summed E-state index contributed by atoms with van der Waals surface area (Å²) in [7, 11) is 0. The van der Waals surface area contributed by atoms with Crippen molar-refractivity contribution in [2.45, 2.75) is 38.9 Å². The molecular formula is C20H27N5O4S. The maximum absolute atomic E-state index is 13.0. The van der Waals surface area contributed by atoms with E-state index in [9.17, 15) is 19.5 Å². The van der Waals surface area contributed by atoms with Crippen LogP contribution in [0.2, 0.25) is 0 Å². The Labute approximate surface area is 179 Å². The highest BCUT2D eigenvalue weighted by Gasteiger charge is 2.33. The van der Waals surface area contributed by atoms with Crippen LogP contribution in [0.1, 0.15) is 20.3 Å². The first-order chi connectivity index (χ1) is 14.3. The summed E-state index contributed by atoms with van der Waals surface area (Å²) in [6.45, 7) is 4.69. The van der Waals surface area contributed by atoms with Crippen molar-refractivity contribution < 1.29 is 19.5 Å². The van der Waals surface area contributed by atoms with E-state index in [2.05, 4.69) is 15.6 Å². The highest BCUT2D eigenvalue weighted by molar-refractivity contribution is 7.98. The number of hydrogen-bond donors (Lipinski definition) is 3. The monoisotopic (exact) mass is 433 g/mol.